The number of carbonyl (C=O) groups excluding carboxylic acids is 1. The van der Waals surface area contributed by atoms with Gasteiger partial charge in [-0.2, -0.15) is 0 Å². The van der Waals surface area contributed by atoms with E-state index in [-0.39, 0.29) is 5.91 Å². The number of nitrogens with one attached hydrogen (secondary N) is 1. The minimum absolute atomic E-state index is 0.137. The lowest BCUT2D eigenvalue weighted by atomic mass is 9.97. The Hall–Kier alpha value is -2.37. The number of hydrogen-bond acceptors (Lipinski definition) is 4. The van der Waals surface area contributed by atoms with Crippen LogP contribution in [-0.2, 0) is 24.3 Å². The highest BCUT2D eigenvalue weighted by Crippen LogP contribution is 2.26. The Labute approximate surface area is 188 Å². The quantitative estimate of drug-likeness (QED) is 0.634. The largest absolute Gasteiger partial charge is 0.376 e. The Morgan fingerprint density at radius 2 is 1.84 bits per heavy atom. The van der Waals surface area contributed by atoms with Crippen LogP contribution in [0.4, 0.5) is 5.69 Å². The van der Waals surface area contributed by atoms with Crippen LogP contribution in [0.3, 0.4) is 0 Å². The number of carbonyl (C=O) groups is 1. The summed E-state index contributed by atoms with van der Waals surface area (Å²) in [5, 5.41) is 3.47. The van der Waals surface area contributed by atoms with E-state index in [1.807, 2.05) is 37.2 Å². The molecule has 0 radical (unpaired) electrons. The molecular formula is C26H38N4O. The van der Waals surface area contributed by atoms with Gasteiger partial charge in [0.1, 0.15) is 0 Å². The molecule has 0 unspecified atom stereocenters. The van der Waals surface area contributed by atoms with Crippen LogP contribution in [0.5, 0.6) is 0 Å². The number of likely N-dealkylation sites (N-methyl/N-ethyl adjacent to an activating group) is 1. The van der Waals surface area contributed by atoms with Gasteiger partial charge in [-0.25, -0.2) is 0 Å². The molecule has 1 aliphatic rings. The van der Waals surface area contributed by atoms with E-state index in [4.69, 9.17) is 0 Å². The Bertz CT molecular complexity index is 835. The minimum Gasteiger partial charge on any atom is -0.376 e. The van der Waals surface area contributed by atoms with Gasteiger partial charge in [-0.3, -0.25) is 9.69 Å². The summed E-state index contributed by atoms with van der Waals surface area (Å²) in [5.41, 5.74) is 5.03. The highest BCUT2D eigenvalue weighted by atomic mass is 16.2. The first-order chi connectivity index (χ1) is 14.9. The maximum Gasteiger partial charge on any atom is 0.242 e. The Morgan fingerprint density at radius 1 is 1.06 bits per heavy atom. The smallest absolute Gasteiger partial charge is 0.242 e. The van der Waals surface area contributed by atoms with E-state index in [0.717, 1.165) is 50.4 Å². The first kappa shape index (κ1) is 23.3. The Balaban J connectivity index is 1.66. The van der Waals surface area contributed by atoms with Crippen molar-refractivity contribution in [1.82, 2.24) is 14.7 Å². The van der Waals surface area contributed by atoms with Crippen LogP contribution in [0.25, 0.3) is 0 Å². The molecule has 0 spiro atoms. The highest BCUT2D eigenvalue weighted by Gasteiger charge is 2.20. The Morgan fingerprint density at radius 3 is 2.55 bits per heavy atom. The van der Waals surface area contributed by atoms with Crippen molar-refractivity contribution < 1.29 is 4.79 Å². The molecule has 1 heterocycles. The number of amides is 1. The summed E-state index contributed by atoms with van der Waals surface area (Å²) in [4.78, 5) is 19.8. The second-order valence-corrected chi connectivity index (χ2v) is 9.28. The van der Waals surface area contributed by atoms with Crippen molar-refractivity contribution in [2.45, 2.75) is 33.4 Å². The predicted molar refractivity (Wildman–Crippen MR) is 129 cm³/mol. The van der Waals surface area contributed by atoms with Gasteiger partial charge in [0.2, 0.25) is 5.91 Å². The minimum atomic E-state index is 0.137. The van der Waals surface area contributed by atoms with Crippen LogP contribution in [0.15, 0.2) is 48.5 Å². The van der Waals surface area contributed by atoms with Crippen molar-refractivity contribution in [3.05, 3.63) is 65.2 Å². The number of fused-ring (bicyclic) bond motifs is 1. The van der Waals surface area contributed by atoms with E-state index >= 15 is 0 Å². The third kappa shape index (κ3) is 7.08. The standard InChI is InChI=1S/C26H38N4O/c1-21(2)18-29-14-13-23-11-8-12-25(24(23)20-29)27-17-26(31)30(16-15-28(3)4)19-22-9-6-5-7-10-22/h5-12,21,27H,13-20H2,1-4H3. The third-order valence-corrected chi connectivity index (χ3v) is 5.79. The van der Waals surface area contributed by atoms with Crippen molar-refractivity contribution in [3.63, 3.8) is 0 Å². The van der Waals surface area contributed by atoms with Crippen LogP contribution in [0, 0.1) is 5.92 Å². The summed E-state index contributed by atoms with van der Waals surface area (Å²) >= 11 is 0. The molecule has 5 heteroatoms. The summed E-state index contributed by atoms with van der Waals surface area (Å²) in [6.07, 6.45) is 1.08. The average Bonchev–Trinajstić information content (AvgIpc) is 2.75. The maximum atomic E-state index is 13.1. The molecule has 1 amide bonds. The van der Waals surface area contributed by atoms with E-state index in [0.29, 0.717) is 19.0 Å². The number of benzene rings is 2. The molecule has 2 aromatic carbocycles. The van der Waals surface area contributed by atoms with Gasteiger partial charge in [-0.15, -0.1) is 0 Å². The summed E-state index contributed by atoms with van der Waals surface area (Å²) in [6, 6.07) is 16.7. The summed E-state index contributed by atoms with van der Waals surface area (Å²) in [5.74, 6) is 0.796. The molecule has 0 aliphatic carbocycles. The fraction of sp³-hybridized carbons (Fsp3) is 0.500. The molecule has 0 fully saturated rings. The van der Waals surface area contributed by atoms with E-state index < -0.39 is 0 Å². The fourth-order valence-electron chi connectivity index (χ4n) is 4.17. The van der Waals surface area contributed by atoms with Crippen molar-refractivity contribution in [2.75, 3.05) is 52.1 Å². The van der Waals surface area contributed by atoms with E-state index in [1.54, 1.807) is 0 Å². The number of nitrogens with zero attached hydrogens (tertiary/aromatic N) is 3. The van der Waals surface area contributed by atoms with Crippen LogP contribution < -0.4 is 5.32 Å². The molecule has 5 nitrogen and oxygen atoms in total. The highest BCUT2D eigenvalue weighted by molar-refractivity contribution is 5.81. The van der Waals surface area contributed by atoms with Crippen LogP contribution in [0.2, 0.25) is 0 Å². The molecular weight excluding hydrogens is 384 g/mol. The molecule has 0 saturated heterocycles. The van der Waals surface area contributed by atoms with Crippen LogP contribution in [0.1, 0.15) is 30.5 Å². The molecule has 1 aliphatic heterocycles. The summed E-state index contributed by atoms with van der Waals surface area (Å²) in [6.45, 7) is 10.3. The molecule has 0 atom stereocenters. The molecule has 3 rings (SSSR count). The van der Waals surface area contributed by atoms with Gasteiger partial charge in [-0.05, 0) is 49.2 Å². The van der Waals surface area contributed by atoms with Crippen molar-refractivity contribution in [1.29, 1.82) is 0 Å². The molecule has 0 bridgehead atoms. The van der Waals surface area contributed by atoms with Crippen LogP contribution in [-0.4, -0.2) is 67.4 Å². The first-order valence-electron chi connectivity index (χ1n) is 11.5. The SMILES string of the molecule is CC(C)CN1CCc2cccc(NCC(=O)N(CCN(C)C)Cc3ccccc3)c2C1. The van der Waals surface area contributed by atoms with Gasteiger partial charge in [0, 0.05) is 45.0 Å². The summed E-state index contributed by atoms with van der Waals surface area (Å²) in [7, 11) is 4.09. The van der Waals surface area contributed by atoms with Gasteiger partial charge < -0.3 is 15.1 Å². The molecule has 0 saturated carbocycles. The van der Waals surface area contributed by atoms with Gasteiger partial charge in [0.05, 0.1) is 6.54 Å². The van der Waals surface area contributed by atoms with Gasteiger partial charge in [-0.1, -0.05) is 56.3 Å². The van der Waals surface area contributed by atoms with Gasteiger partial charge >= 0.3 is 0 Å². The zero-order chi connectivity index (χ0) is 22.2. The maximum absolute atomic E-state index is 13.1. The third-order valence-electron chi connectivity index (χ3n) is 5.79. The van der Waals surface area contributed by atoms with Crippen molar-refractivity contribution in [2.24, 2.45) is 5.92 Å². The monoisotopic (exact) mass is 422 g/mol. The van der Waals surface area contributed by atoms with Gasteiger partial charge in [0.15, 0.2) is 0 Å². The lowest BCUT2D eigenvalue weighted by molar-refractivity contribution is -0.130. The predicted octanol–water partition coefficient (Wildman–Crippen LogP) is 3.70. The van der Waals surface area contributed by atoms with E-state index in [1.165, 1.54) is 11.1 Å². The Kier molecular flexibility index (Phi) is 8.50. The van der Waals surface area contributed by atoms with Crippen molar-refractivity contribution >= 4 is 11.6 Å². The fourth-order valence-corrected chi connectivity index (χ4v) is 4.17. The van der Waals surface area contributed by atoms with Crippen molar-refractivity contribution in [3.8, 4) is 0 Å². The topological polar surface area (TPSA) is 38.8 Å². The first-order valence-corrected chi connectivity index (χ1v) is 11.5. The van der Waals surface area contributed by atoms with E-state index in [9.17, 15) is 4.79 Å². The molecule has 2 aromatic rings. The second kappa shape index (κ2) is 11.3. The van der Waals surface area contributed by atoms with Crippen LogP contribution >= 0.6 is 0 Å². The normalized spacial score (nSPS) is 14.0. The lowest BCUT2D eigenvalue weighted by Gasteiger charge is -2.31. The summed E-state index contributed by atoms with van der Waals surface area (Å²) < 4.78 is 0. The number of hydrogen-bond donors (Lipinski definition) is 1. The van der Waals surface area contributed by atoms with E-state index in [2.05, 4.69) is 59.3 Å². The molecule has 1 N–H and O–H groups in total. The van der Waals surface area contributed by atoms with Gasteiger partial charge in [0.25, 0.3) is 0 Å². The zero-order valence-electron chi connectivity index (χ0n) is 19.6. The molecule has 31 heavy (non-hydrogen) atoms. The number of anilines is 1. The molecule has 168 valence electrons. The second-order valence-electron chi connectivity index (χ2n) is 9.28. The number of rotatable bonds is 10. The average molecular weight is 423 g/mol. The lowest BCUT2D eigenvalue weighted by Crippen LogP contribution is -2.39. The zero-order valence-corrected chi connectivity index (χ0v) is 19.6. The molecule has 0 aromatic heterocycles.